The summed E-state index contributed by atoms with van der Waals surface area (Å²) in [5, 5.41) is 1.76. The van der Waals surface area contributed by atoms with Crippen LogP contribution in [0.1, 0.15) is 23.5 Å². The Morgan fingerprint density at radius 1 is 0.939 bits per heavy atom. The van der Waals surface area contributed by atoms with Crippen LogP contribution in [0.15, 0.2) is 71.5 Å². The van der Waals surface area contributed by atoms with Gasteiger partial charge in [0.05, 0.1) is 14.2 Å². The lowest BCUT2D eigenvalue weighted by molar-refractivity contribution is -0.118. The number of para-hydroxylation sites is 1. The summed E-state index contributed by atoms with van der Waals surface area (Å²) in [5.74, 6) is 0.660. The van der Waals surface area contributed by atoms with Gasteiger partial charge in [0.2, 0.25) is 5.91 Å². The van der Waals surface area contributed by atoms with Crippen molar-refractivity contribution in [3.63, 3.8) is 0 Å². The molecule has 0 fully saturated rings. The van der Waals surface area contributed by atoms with Gasteiger partial charge in [-0.2, -0.15) is 0 Å². The smallest absolute Gasteiger partial charge is 0.233 e. The number of hydrogen-bond acceptors (Lipinski definition) is 5. The zero-order chi connectivity index (χ0) is 23.1. The monoisotopic (exact) mass is 477 g/mol. The first-order valence-electron chi connectivity index (χ1n) is 10.4. The molecule has 0 aliphatic carbocycles. The Balaban J connectivity index is 1.79. The van der Waals surface area contributed by atoms with Crippen molar-refractivity contribution in [2.75, 3.05) is 19.1 Å². The summed E-state index contributed by atoms with van der Waals surface area (Å²) in [6, 6.07) is 20.2. The molecule has 2 heterocycles. The van der Waals surface area contributed by atoms with E-state index in [0.717, 1.165) is 16.0 Å². The van der Waals surface area contributed by atoms with Gasteiger partial charge in [0.25, 0.3) is 0 Å². The molecule has 33 heavy (non-hydrogen) atoms. The summed E-state index contributed by atoms with van der Waals surface area (Å²) < 4.78 is 11.6. The van der Waals surface area contributed by atoms with E-state index >= 15 is 0 Å². The van der Waals surface area contributed by atoms with Crippen molar-refractivity contribution in [1.29, 1.82) is 0 Å². The van der Waals surface area contributed by atoms with Crippen LogP contribution < -0.4 is 19.8 Å². The third kappa shape index (κ3) is 3.65. The minimum absolute atomic E-state index is 0.0782. The van der Waals surface area contributed by atoms with E-state index in [0.29, 0.717) is 32.5 Å². The average molecular weight is 478 g/mol. The number of carbonyl (C=O) groups excluding carboxylic acids is 1. The number of fused-ring (bicyclic) bond motifs is 2. The molecule has 4 aromatic rings. The summed E-state index contributed by atoms with van der Waals surface area (Å²) in [4.78, 5) is 28.9. The number of carbonyl (C=O) groups is 1. The van der Waals surface area contributed by atoms with Gasteiger partial charge >= 0.3 is 0 Å². The van der Waals surface area contributed by atoms with Crippen LogP contribution in [0.3, 0.4) is 0 Å². The van der Waals surface area contributed by atoms with Gasteiger partial charge in [-0.05, 0) is 48.0 Å². The van der Waals surface area contributed by atoms with E-state index in [9.17, 15) is 9.59 Å². The molecule has 1 aliphatic heterocycles. The highest BCUT2D eigenvalue weighted by Crippen LogP contribution is 2.46. The molecular weight excluding hydrogens is 458 g/mol. The summed E-state index contributed by atoms with van der Waals surface area (Å²) in [6.07, 6.45) is 0.165. The normalized spacial score (nSPS) is 15.4. The molecule has 0 N–H and O–H groups in total. The maximum atomic E-state index is 13.8. The molecule has 1 atom stereocenters. The van der Waals surface area contributed by atoms with Crippen molar-refractivity contribution in [2.45, 2.75) is 12.3 Å². The molecular formula is C26H20ClNO4S. The maximum Gasteiger partial charge on any atom is 0.233 e. The van der Waals surface area contributed by atoms with Crippen LogP contribution in [0.2, 0.25) is 5.02 Å². The van der Waals surface area contributed by atoms with Crippen molar-refractivity contribution in [2.24, 2.45) is 0 Å². The van der Waals surface area contributed by atoms with Crippen molar-refractivity contribution >= 4 is 49.6 Å². The second-order valence-electron chi connectivity index (χ2n) is 7.73. The predicted octanol–water partition coefficient (Wildman–Crippen LogP) is 6.13. The molecule has 5 nitrogen and oxygen atoms in total. The number of benzene rings is 3. The molecule has 1 aliphatic rings. The highest BCUT2D eigenvalue weighted by atomic mass is 35.5. The Hall–Kier alpha value is -3.35. The van der Waals surface area contributed by atoms with Gasteiger partial charge in [-0.1, -0.05) is 35.9 Å². The highest BCUT2D eigenvalue weighted by Gasteiger charge is 2.37. The van der Waals surface area contributed by atoms with Crippen LogP contribution in [0.4, 0.5) is 10.7 Å². The fourth-order valence-electron chi connectivity index (χ4n) is 4.32. The van der Waals surface area contributed by atoms with Crippen LogP contribution in [-0.4, -0.2) is 20.1 Å². The van der Waals surface area contributed by atoms with E-state index in [1.165, 1.54) is 11.3 Å². The molecule has 1 amide bonds. The van der Waals surface area contributed by atoms with Gasteiger partial charge in [-0.3, -0.25) is 14.5 Å². The number of halogens is 1. The minimum atomic E-state index is -0.406. The van der Waals surface area contributed by atoms with Crippen LogP contribution in [0.25, 0.3) is 10.1 Å². The van der Waals surface area contributed by atoms with Crippen LogP contribution in [0.5, 0.6) is 11.5 Å². The zero-order valence-electron chi connectivity index (χ0n) is 18.0. The van der Waals surface area contributed by atoms with E-state index in [2.05, 4.69) is 0 Å². The number of anilines is 2. The molecule has 166 valence electrons. The van der Waals surface area contributed by atoms with E-state index in [1.54, 1.807) is 43.4 Å². The van der Waals surface area contributed by atoms with Gasteiger partial charge in [-0.25, -0.2) is 0 Å². The first-order chi connectivity index (χ1) is 16.0. The first-order valence-corrected chi connectivity index (χ1v) is 11.6. The molecule has 0 saturated heterocycles. The second kappa shape index (κ2) is 8.54. The molecule has 1 aromatic heterocycles. The van der Waals surface area contributed by atoms with E-state index in [4.69, 9.17) is 21.1 Å². The number of nitrogens with zero attached hydrogens (tertiary/aromatic N) is 1. The largest absolute Gasteiger partial charge is 0.493 e. The highest BCUT2D eigenvalue weighted by molar-refractivity contribution is 7.22. The lowest BCUT2D eigenvalue weighted by Gasteiger charge is -2.33. The molecule has 0 radical (unpaired) electrons. The molecule has 0 bridgehead atoms. The lowest BCUT2D eigenvalue weighted by Crippen LogP contribution is -2.35. The molecule has 7 heteroatoms. The fraction of sp³-hybridized carbons (Fsp3) is 0.154. The van der Waals surface area contributed by atoms with Crippen molar-refractivity contribution in [1.82, 2.24) is 0 Å². The number of hydrogen-bond donors (Lipinski definition) is 0. The summed E-state index contributed by atoms with van der Waals surface area (Å²) >= 11 is 7.63. The van der Waals surface area contributed by atoms with Crippen molar-refractivity contribution in [3.8, 4) is 11.5 Å². The number of ether oxygens (including phenoxy) is 2. The first kappa shape index (κ1) is 21.5. The molecule has 1 unspecified atom stereocenters. The third-order valence-electron chi connectivity index (χ3n) is 5.87. The summed E-state index contributed by atoms with van der Waals surface area (Å²) in [6.45, 7) is 0. The second-order valence-corrected chi connectivity index (χ2v) is 9.19. The Bertz CT molecular complexity index is 1430. The van der Waals surface area contributed by atoms with Crippen molar-refractivity contribution < 1.29 is 14.3 Å². The Labute approximate surface area is 199 Å². The van der Waals surface area contributed by atoms with Crippen LogP contribution in [-0.2, 0) is 4.79 Å². The molecule has 5 rings (SSSR count). The van der Waals surface area contributed by atoms with Gasteiger partial charge in [0.15, 0.2) is 16.9 Å². The van der Waals surface area contributed by atoms with Crippen LogP contribution >= 0.6 is 22.9 Å². The molecule has 3 aromatic carbocycles. The minimum Gasteiger partial charge on any atom is -0.493 e. The third-order valence-corrected chi connectivity index (χ3v) is 7.26. The van der Waals surface area contributed by atoms with Crippen molar-refractivity contribution in [3.05, 3.63) is 93.1 Å². The van der Waals surface area contributed by atoms with Gasteiger partial charge in [0.1, 0.15) is 5.00 Å². The fourth-order valence-corrected chi connectivity index (χ4v) is 5.86. The standard InChI is InChI=1S/C26H20ClNO4S/c1-31-20-11-8-15(12-21(20)32-2)19-14-23(29)28(17-6-4-3-5-7-17)26-24(19)25(30)18-10-9-16(27)13-22(18)33-26/h3-13,19H,14H2,1-2H3. The average Bonchev–Trinajstić information content (AvgIpc) is 2.83. The Morgan fingerprint density at radius 3 is 2.42 bits per heavy atom. The van der Waals surface area contributed by atoms with Crippen LogP contribution in [0, 0.1) is 0 Å². The maximum absolute atomic E-state index is 13.8. The van der Waals surface area contributed by atoms with Gasteiger partial charge < -0.3 is 9.47 Å². The van der Waals surface area contributed by atoms with E-state index in [1.807, 2.05) is 42.5 Å². The number of methoxy groups -OCH3 is 2. The number of amides is 1. The molecule has 0 spiro atoms. The number of rotatable bonds is 4. The summed E-state index contributed by atoms with van der Waals surface area (Å²) in [5.41, 5.74) is 2.06. The van der Waals surface area contributed by atoms with Gasteiger partial charge in [0, 0.05) is 38.7 Å². The molecule has 0 saturated carbocycles. The topological polar surface area (TPSA) is 55.8 Å². The summed E-state index contributed by atoms with van der Waals surface area (Å²) in [7, 11) is 3.14. The quantitative estimate of drug-likeness (QED) is 0.354. The zero-order valence-corrected chi connectivity index (χ0v) is 19.6. The van der Waals surface area contributed by atoms with E-state index in [-0.39, 0.29) is 17.8 Å². The lowest BCUT2D eigenvalue weighted by atomic mass is 9.85. The Kier molecular flexibility index (Phi) is 5.56. The Morgan fingerprint density at radius 2 is 1.70 bits per heavy atom. The van der Waals surface area contributed by atoms with E-state index < -0.39 is 5.92 Å². The SMILES string of the molecule is COc1ccc(C2CC(=O)N(c3ccccc3)c3sc4cc(Cl)ccc4c(=O)c32)cc1OC. The predicted molar refractivity (Wildman–Crippen MR) is 133 cm³/mol. The van der Waals surface area contributed by atoms with Gasteiger partial charge in [-0.15, -0.1) is 11.3 Å².